The molecule has 1 unspecified atom stereocenters. The Bertz CT molecular complexity index is 447. The summed E-state index contributed by atoms with van der Waals surface area (Å²) in [5.74, 6) is -2.02. The highest BCUT2D eigenvalue weighted by molar-refractivity contribution is 6.40. The maximum absolute atomic E-state index is 11.4. The average Bonchev–Trinajstić information content (AvgIpc) is 2.43. The first-order chi connectivity index (χ1) is 7.00. The quantitative estimate of drug-likeness (QED) is 0.377. The molecule has 2 aliphatic rings. The lowest BCUT2D eigenvalue weighted by molar-refractivity contribution is -0.421. The Labute approximate surface area is 84.8 Å². The van der Waals surface area contributed by atoms with Crippen molar-refractivity contribution >= 4 is 11.7 Å². The van der Waals surface area contributed by atoms with Gasteiger partial charge in [0.15, 0.2) is 0 Å². The van der Waals surface area contributed by atoms with E-state index in [-0.39, 0.29) is 11.4 Å². The number of nitrogens with zero attached hydrogens (tertiary/aromatic N) is 1. The number of hydrogen-bond donors (Lipinski definition) is 1. The van der Waals surface area contributed by atoms with Gasteiger partial charge in [0, 0.05) is 6.08 Å². The molecule has 78 valence electrons. The van der Waals surface area contributed by atoms with Crippen molar-refractivity contribution in [2.45, 2.75) is 13.3 Å². The number of Topliss-reactive ketones (excluding diaryl/α,β-unsaturated/α-hetero) is 1. The van der Waals surface area contributed by atoms with Crippen LogP contribution in [-0.2, 0) is 9.59 Å². The second-order valence-electron chi connectivity index (χ2n) is 3.62. The van der Waals surface area contributed by atoms with E-state index < -0.39 is 22.5 Å². The number of hydrogen-bond acceptors (Lipinski definition) is 4. The molecule has 6 heteroatoms. The molecule has 0 spiro atoms. The van der Waals surface area contributed by atoms with Crippen LogP contribution in [-0.4, -0.2) is 16.6 Å². The molecule has 1 aliphatic heterocycles. The number of fused-ring (bicyclic) bond motifs is 1. The molecule has 0 radical (unpaired) electrons. The van der Waals surface area contributed by atoms with Crippen LogP contribution < -0.4 is 5.32 Å². The molecule has 15 heavy (non-hydrogen) atoms. The lowest BCUT2D eigenvalue weighted by Gasteiger charge is -2.13. The molecule has 1 N–H and O–H groups in total. The fraction of sp³-hybridized carbons (Fsp3) is 0.333. The van der Waals surface area contributed by atoms with Gasteiger partial charge < -0.3 is 5.32 Å². The zero-order chi connectivity index (χ0) is 11.2. The smallest absolute Gasteiger partial charge is 0.292 e. The fourth-order valence-electron chi connectivity index (χ4n) is 1.84. The molecule has 1 atom stereocenters. The third-order valence-electron chi connectivity index (χ3n) is 2.52. The van der Waals surface area contributed by atoms with Gasteiger partial charge in [-0.05, 0) is 13.3 Å². The summed E-state index contributed by atoms with van der Waals surface area (Å²) >= 11 is 0. The summed E-state index contributed by atoms with van der Waals surface area (Å²) in [4.78, 5) is 32.5. The molecule has 2 rings (SSSR count). The standard InChI is InChI=1S/C9H8N2O4/c1-4-2-5-7(6(3-4)11(14)15)10-9(13)8(5)12/h3,5H,2H2,1H3,(H,10,13). The van der Waals surface area contributed by atoms with Gasteiger partial charge in [-0.25, -0.2) is 0 Å². The lowest BCUT2D eigenvalue weighted by Crippen LogP contribution is -2.19. The van der Waals surface area contributed by atoms with Crippen molar-refractivity contribution in [3.05, 3.63) is 33.2 Å². The summed E-state index contributed by atoms with van der Waals surface area (Å²) in [6, 6.07) is 0. The molecule has 0 aromatic rings. The topological polar surface area (TPSA) is 89.3 Å². The highest BCUT2D eigenvalue weighted by Gasteiger charge is 2.43. The van der Waals surface area contributed by atoms with E-state index in [0.29, 0.717) is 6.42 Å². The van der Waals surface area contributed by atoms with Crippen LogP contribution in [0.25, 0.3) is 0 Å². The summed E-state index contributed by atoms with van der Waals surface area (Å²) in [6.45, 7) is 1.70. The van der Waals surface area contributed by atoms with Crippen LogP contribution in [0.15, 0.2) is 23.0 Å². The van der Waals surface area contributed by atoms with Crippen LogP contribution in [0.2, 0.25) is 0 Å². The van der Waals surface area contributed by atoms with Gasteiger partial charge in [-0.1, -0.05) is 5.57 Å². The Kier molecular flexibility index (Phi) is 1.92. The Morgan fingerprint density at radius 3 is 2.80 bits per heavy atom. The van der Waals surface area contributed by atoms with Crippen molar-refractivity contribution in [3.63, 3.8) is 0 Å². The number of amides is 1. The highest BCUT2D eigenvalue weighted by Crippen LogP contribution is 2.32. The van der Waals surface area contributed by atoms with E-state index >= 15 is 0 Å². The largest absolute Gasteiger partial charge is 0.316 e. The Morgan fingerprint density at radius 2 is 2.20 bits per heavy atom. The third kappa shape index (κ3) is 1.34. The van der Waals surface area contributed by atoms with Crippen LogP contribution in [0, 0.1) is 16.0 Å². The summed E-state index contributed by atoms with van der Waals surface area (Å²) in [5, 5.41) is 13.0. The van der Waals surface area contributed by atoms with Crippen molar-refractivity contribution < 1.29 is 14.5 Å². The number of carbonyl (C=O) groups is 2. The summed E-state index contributed by atoms with van der Waals surface area (Å²) in [6.07, 6.45) is 1.77. The van der Waals surface area contributed by atoms with Crippen LogP contribution in [0.5, 0.6) is 0 Å². The zero-order valence-corrected chi connectivity index (χ0v) is 7.94. The molecule has 1 aliphatic carbocycles. The van der Waals surface area contributed by atoms with E-state index in [9.17, 15) is 19.7 Å². The minimum absolute atomic E-state index is 0.139. The second kappa shape index (κ2) is 3.01. The summed E-state index contributed by atoms with van der Waals surface area (Å²) in [5.41, 5.74) is 0.698. The lowest BCUT2D eigenvalue weighted by atomic mass is 9.90. The Balaban J connectivity index is 2.53. The molecule has 1 amide bonds. The molecule has 1 saturated heterocycles. The van der Waals surface area contributed by atoms with Crippen LogP contribution in [0.1, 0.15) is 13.3 Å². The van der Waals surface area contributed by atoms with Gasteiger partial charge in [-0.2, -0.15) is 0 Å². The minimum Gasteiger partial charge on any atom is -0.316 e. The summed E-state index contributed by atoms with van der Waals surface area (Å²) < 4.78 is 0. The van der Waals surface area contributed by atoms with Crippen LogP contribution >= 0.6 is 0 Å². The molecular weight excluding hydrogens is 200 g/mol. The van der Waals surface area contributed by atoms with Crippen LogP contribution in [0.3, 0.4) is 0 Å². The molecule has 0 saturated carbocycles. The second-order valence-corrected chi connectivity index (χ2v) is 3.62. The summed E-state index contributed by atoms with van der Waals surface area (Å²) in [7, 11) is 0. The monoisotopic (exact) mass is 208 g/mol. The number of allylic oxidation sites excluding steroid dienone is 3. The van der Waals surface area contributed by atoms with Gasteiger partial charge in [-0.3, -0.25) is 19.7 Å². The van der Waals surface area contributed by atoms with Crippen molar-refractivity contribution in [1.29, 1.82) is 0 Å². The first-order valence-electron chi connectivity index (χ1n) is 4.41. The number of ketones is 1. The van der Waals surface area contributed by atoms with E-state index in [0.717, 1.165) is 5.57 Å². The predicted octanol–water partition coefficient (Wildman–Crippen LogP) is 0.140. The first-order valence-corrected chi connectivity index (χ1v) is 4.41. The molecular formula is C9H8N2O4. The van der Waals surface area contributed by atoms with Crippen molar-refractivity contribution in [3.8, 4) is 0 Å². The predicted molar refractivity (Wildman–Crippen MR) is 49.0 cm³/mol. The van der Waals surface area contributed by atoms with Gasteiger partial charge in [0.2, 0.25) is 5.78 Å². The molecule has 0 bridgehead atoms. The van der Waals surface area contributed by atoms with Crippen molar-refractivity contribution in [2.24, 2.45) is 5.92 Å². The third-order valence-corrected chi connectivity index (χ3v) is 2.52. The van der Waals surface area contributed by atoms with Crippen molar-refractivity contribution in [1.82, 2.24) is 5.32 Å². The molecule has 1 fully saturated rings. The molecule has 0 aromatic heterocycles. The van der Waals surface area contributed by atoms with Crippen LogP contribution in [0.4, 0.5) is 0 Å². The SMILES string of the molecule is CC1=CC([N+](=O)[O-])=C2NC(=O)C(=O)C2C1. The first kappa shape index (κ1) is 9.57. The van der Waals surface area contributed by atoms with E-state index in [1.54, 1.807) is 6.92 Å². The maximum Gasteiger partial charge on any atom is 0.292 e. The number of nitro groups is 1. The van der Waals surface area contributed by atoms with E-state index in [1.807, 2.05) is 0 Å². The minimum atomic E-state index is -0.752. The highest BCUT2D eigenvalue weighted by atomic mass is 16.6. The molecule has 0 aromatic carbocycles. The average molecular weight is 208 g/mol. The Morgan fingerprint density at radius 1 is 1.53 bits per heavy atom. The number of rotatable bonds is 1. The Hall–Kier alpha value is -1.98. The van der Waals surface area contributed by atoms with Gasteiger partial charge in [0.25, 0.3) is 11.6 Å². The zero-order valence-electron chi connectivity index (χ0n) is 7.94. The molecule has 6 nitrogen and oxygen atoms in total. The van der Waals surface area contributed by atoms with Gasteiger partial charge >= 0.3 is 0 Å². The van der Waals surface area contributed by atoms with E-state index in [4.69, 9.17) is 0 Å². The van der Waals surface area contributed by atoms with Gasteiger partial charge in [-0.15, -0.1) is 0 Å². The molecule has 1 heterocycles. The number of carbonyl (C=O) groups excluding carboxylic acids is 2. The maximum atomic E-state index is 11.4. The van der Waals surface area contributed by atoms with Crippen molar-refractivity contribution in [2.75, 3.05) is 0 Å². The number of nitrogens with one attached hydrogen (secondary N) is 1. The van der Waals surface area contributed by atoms with Gasteiger partial charge in [0.05, 0.1) is 10.8 Å². The van der Waals surface area contributed by atoms with E-state index in [2.05, 4.69) is 5.32 Å². The van der Waals surface area contributed by atoms with Gasteiger partial charge in [0.1, 0.15) is 5.70 Å². The fourth-order valence-corrected chi connectivity index (χ4v) is 1.84. The normalized spacial score (nSPS) is 24.9. The van der Waals surface area contributed by atoms with E-state index in [1.165, 1.54) is 6.08 Å².